The van der Waals surface area contributed by atoms with E-state index in [1.165, 1.54) is 24.5 Å². The smallest absolute Gasteiger partial charge is 0.357 e. The molecule has 0 aliphatic heterocycles. The first kappa shape index (κ1) is 18.7. The molecule has 0 N–H and O–H groups in total. The molecule has 0 aliphatic carbocycles. The van der Waals surface area contributed by atoms with Crippen molar-refractivity contribution in [2.75, 3.05) is 7.11 Å². The Balaban J connectivity index is 2.24. The predicted molar refractivity (Wildman–Crippen MR) is 94.9 cm³/mol. The Bertz CT molecular complexity index is 762. The molecule has 128 valence electrons. The number of esters is 1. The van der Waals surface area contributed by atoms with Crippen LogP contribution >= 0.6 is 34.5 Å². The maximum absolute atomic E-state index is 12.8. The van der Waals surface area contributed by atoms with Crippen molar-refractivity contribution in [3.05, 3.63) is 49.9 Å². The quantitative estimate of drug-likeness (QED) is 0.719. The highest BCUT2D eigenvalue weighted by atomic mass is 35.5. The van der Waals surface area contributed by atoms with Crippen molar-refractivity contribution in [2.24, 2.45) is 0 Å². The van der Waals surface area contributed by atoms with Crippen molar-refractivity contribution in [1.82, 2.24) is 9.88 Å². The third-order valence-electron chi connectivity index (χ3n) is 3.30. The van der Waals surface area contributed by atoms with Gasteiger partial charge in [0.15, 0.2) is 5.69 Å². The molecule has 1 amide bonds. The zero-order chi connectivity index (χ0) is 17.9. The number of methoxy groups -OCH3 is 1. The Morgan fingerprint density at radius 2 is 2.04 bits per heavy atom. The Hall–Kier alpha value is -1.63. The molecule has 0 bridgehead atoms. The number of hydrogen-bond donors (Lipinski definition) is 0. The topological polar surface area (TPSA) is 59.5 Å². The van der Waals surface area contributed by atoms with Gasteiger partial charge in [0, 0.05) is 16.4 Å². The van der Waals surface area contributed by atoms with E-state index in [1.807, 2.05) is 13.8 Å². The number of amides is 1. The zero-order valence-corrected chi connectivity index (χ0v) is 15.7. The molecular weight excluding hydrogens is 371 g/mol. The first-order valence-corrected chi connectivity index (χ1v) is 8.75. The maximum atomic E-state index is 12.8. The molecule has 0 saturated carbocycles. The van der Waals surface area contributed by atoms with Gasteiger partial charge in [-0.2, -0.15) is 0 Å². The molecule has 2 aromatic rings. The van der Waals surface area contributed by atoms with Gasteiger partial charge in [0.2, 0.25) is 0 Å². The van der Waals surface area contributed by atoms with Gasteiger partial charge in [-0.05, 0) is 32.0 Å². The summed E-state index contributed by atoms with van der Waals surface area (Å²) in [5.74, 6) is -0.720. The summed E-state index contributed by atoms with van der Waals surface area (Å²) in [5.41, 5.74) is 0.609. The van der Waals surface area contributed by atoms with E-state index >= 15 is 0 Å². The molecule has 0 saturated heterocycles. The highest BCUT2D eigenvalue weighted by Crippen LogP contribution is 2.24. The third kappa shape index (κ3) is 4.26. The van der Waals surface area contributed by atoms with Crippen molar-refractivity contribution in [1.29, 1.82) is 0 Å². The van der Waals surface area contributed by atoms with Crippen LogP contribution in [0.5, 0.6) is 0 Å². The summed E-state index contributed by atoms with van der Waals surface area (Å²) < 4.78 is 4.64. The molecule has 0 radical (unpaired) electrons. The molecule has 2 rings (SSSR count). The van der Waals surface area contributed by atoms with E-state index in [1.54, 1.807) is 22.4 Å². The van der Waals surface area contributed by atoms with E-state index in [2.05, 4.69) is 9.72 Å². The molecule has 5 nitrogen and oxygen atoms in total. The van der Waals surface area contributed by atoms with Gasteiger partial charge in [-0.3, -0.25) is 4.79 Å². The van der Waals surface area contributed by atoms with Crippen molar-refractivity contribution >= 4 is 46.4 Å². The van der Waals surface area contributed by atoms with Crippen LogP contribution in [0.2, 0.25) is 10.0 Å². The molecule has 8 heteroatoms. The molecule has 1 aromatic carbocycles. The van der Waals surface area contributed by atoms with Gasteiger partial charge in [-0.1, -0.05) is 23.2 Å². The first-order chi connectivity index (χ1) is 11.3. The van der Waals surface area contributed by atoms with Crippen molar-refractivity contribution in [3.63, 3.8) is 0 Å². The molecule has 0 fully saturated rings. The lowest BCUT2D eigenvalue weighted by atomic mass is 10.1. The predicted octanol–water partition coefficient (Wildman–Crippen LogP) is 4.29. The van der Waals surface area contributed by atoms with Crippen LogP contribution in [0.15, 0.2) is 23.6 Å². The summed E-state index contributed by atoms with van der Waals surface area (Å²) in [6.45, 7) is 4.07. The number of halogens is 2. The van der Waals surface area contributed by atoms with Crippen LogP contribution in [0, 0.1) is 0 Å². The van der Waals surface area contributed by atoms with E-state index in [4.69, 9.17) is 23.2 Å². The third-order valence-corrected chi connectivity index (χ3v) is 4.68. The lowest BCUT2D eigenvalue weighted by Crippen LogP contribution is -2.36. The van der Waals surface area contributed by atoms with Crippen LogP contribution in [0.25, 0.3) is 0 Å². The summed E-state index contributed by atoms with van der Waals surface area (Å²) in [6, 6.07) is 4.69. The second-order valence-corrected chi connectivity index (χ2v) is 7.06. The van der Waals surface area contributed by atoms with Crippen LogP contribution in [-0.2, 0) is 11.3 Å². The largest absolute Gasteiger partial charge is 0.464 e. The fourth-order valence-corrected chi connectivity index (χ4v) is 3.28. The van der Waals surface area contributed by atoms with Crippen LogP contribution < -0.4 is 0 Å². The number of ether oxygens (including phenoxy) is 1. The Labute approximate surface area is 154 Å². The normalized spacial score (nSPS) is 10.8. The average molecular weight is 387 g/mol. The minimum absolute atomic E-state index is 0.0743. The van der Waals surface area contributed by atoms with Crippen molar-refractivity contribution < 1.29 is 14.3 Å². The second-order valence-electron chi connectivity index (χ2n) is 5.27. The SMILES string of the molecule is COC(=O)c1csc(CN(C(=O)c2ccc(Cl)cc2Cl)C(C)C)n1. The molecule has 0 spiro atoms. The summed E-state index contributed by atoms with van der Waals surface area (Å²) in [7, 11) is 1.30. The maximum Gasteiger partial charge on any atom is 0.357 e. The van der Waals surface area contributed by atoms with Gasteiger partial charge >= 0.3 is 5.97 Å². The van der Waals surface area contributed by atoms with Crippen LogP contribution in [0.4, 0.5) is 0 Å². The lowest BCUT2D eigenvalue weighted by molar-refractivity contribution is 0.0594. The van der Waals surface area contributed by atoms with Crippen LogP contribution in [0.3, 0.4) is 0 Å². The fraction of sp³-hybridized carbons (Fsp3) is 0.312. The number of hydrogen-bond acceptors (Lipinski definition) is 5. The zero-order valence-electron chi connectivity index (χ0n) is 13.4. The van der Waals surface area contributed by atoms with Crippen molar-refractivity contribution in [3.8, 4) is 0 Å². The lowest BCUT2D eigenvalue weighted by Gasteiger charge is -2.26. The number of rotatable bonds is 5. The molecule has 0 aliphatic rings. The Morgan fingerprint density at radius 3 is 2.62 bits per heavy atom. The minimum Gasteiger partial charge on any atom is -0.464 e. The summed E-state index contributed by atoms with van der Waals surface area (Å²) in [4.78, 5) is 30.1. The van der Waals surface area contributed by atoms with Crippen LogP contribution in [-0.4, -0.2) is 34.9 Å². The van der Waals surface area contributed by atoms with Crippen LogP contribution in [0.1, 0.15) is 39.7 Å². The summed E-state index contributed by atoms with van der Waals surface area (Å²) in [6.07, 6.45) is 0. The highest BCUT2D eigenvalue weighted by Gasteiger charge is 2.23. The molecular formula is C16H16Cl2N2O3S. The average Bonchev–Trinajstić information content (AvgIpc) is 2.99. The summed E-state index contributed by atoms with van der Waals surface area (Å²) in [5, 5.41) is 3.02. The van der Waals surface area contributed by atoms with E-state index < -0.39 is 5.97 Å². The van der Waals surface area contributed by atoms with Gasteiger partial charge in [-0.15, -0.1) is 11.3 Å². The molecule has 0 unspecified atom stereocenters. The number of benzene rings is 1. The molecule has 1 aromatic heterocycles. The van der Waals surface area contributed by atoms with E-state index in [0.717, 1.165) is 0 Å². The molecule has 0 atom stereocenters. The Morgan fingerprint density at radius 1 is 1.33 bits per heavy atom. The molecule has 24 heavy (non-hydrogen) atoms. The minimum atomic E-state index is -0.499. The summed E-state index contributed by atoms with van der Waals surface area (Å²) >= 11 is 13.3. The van der Waals surface area contributed by atoms with Crippen molar-refractivity contribution in [2.45, 2.75) is 26.4 Å². The monoisotopic (exact) mass is 386 g/mol. The van der Waals surface area contributed by atoms with E-state index in [9.17, 15) is 9.59 Å². The van der Waals surface area contributed by atoms with E-state index in [-0.39, 0.29) is 24.2 Å². The Kier molecular flexibility index (Phi) is 6.21. The second kappa shape index (κ2) is 7.96. The number of nitrogens with zero attached hydrogens (tertiary/aromatic N) is 2. The molecule has 1 heterocycles. The number of aromatic nitrogens is 1. The number of carbonyl (C=O) groups is 2. The first-order valence-electron chi connectivity index (χ1n) is 7.12. The van der Waals surface area contributed by atoms with Gasteiger partial charge in [0.1, 0.15) is 5.01 Å². The highest BCUT2D eigenvalue weighted by molar-refractivity contribution is 7.09. The standard InChI is InChI=1S/C16H16Cl2N2O3S/c1-9(2)20(7-14-19-13(8-24-14)16(22)23-3)15(21)11-5-4-10(17)6-12(11)18/h4-6,8-9H,7H2,1-3H3. The fourth-order valence-electron chi connectivity index (χ4n) is 2.03. The van der Waals surface area contributed by atoms with Gasteiger partial charge in [0.25, 0.3) is 5.91 Å². The van der Waals surface area contributed by atoms with Gasteiger partial charge < -0.3 is 9.64 Å². The number of thiazole rings is 1. The van der Waals surface area contributed by atoms with Gasteiger partial charge in [0.05, 0.1) is 24.2 Å². The number of carbonyl (C=O) groups excluding carboxylic acids is 2. The van der Waals surface area contributed by atoms with E-state index in [0.29, 0.717) is 20.6 Å². The van der Waals surface area contributed by atoms with Gasteiger partial charge in [-0.25, -0.2) is 9.78 Å².